The number of carbonyl (C=O) groups is 1. The predicted molar refractivity (Wildman–Crippen MR) is 127 cm³/mol. The van der Waals surface area contributed by atoms with Gasteiger partial charge in [0.2, 0.25) is 0 Å². The van der Waals surface area contributed by atoms with E-state index in [1.807, 2.05) is 7.11 Å². The molecule has 0 N–H and O–H groups in total. The molecular formula is C28H41N3O2. The molecule has 0 amide bonds. The van der Waals surface area contributed by atoms with Gasteiger partial charge in [-0.05, 0) is 90.9 Å². The van der Waals surface area contributed by atoms with Crippen LogP contribution in [-0.4, -0.2) is 29.3 Å². The number of hydrogen-bond donors (Lipinski definition) is 0. The van der Waals surface area contributed by atoms with Gasteiger partial charge >= 0.3 is 0 Å². The lowest BCUT2D eigenvalue weighted by Crippen LogP contribution is -2.56. The monoisotopic (exact) mass is 451 g/mol. The van der Waals surface area contributed by atoms with Gasteiger partial charge in [0.15, 0.2) is 11.5 Å². The number of nitriles is 1. The lowest BCUT2D eigenvalue weighted by atomic mass is 9.44. The van der Waals surface area contributed by atoms with Crippen LogP contribution >= 0.6 is 0 Å². The fourth-order valence-corrected chi connectivity index (χ4v) is 9.76. The Morgan fingerprint density at radius 3 is 2.76 bits per heavy atom. The molecule has 9 unspecified atom stereocenters. The molecule has 4 aliphatic carbocycles. The lowest BCUT2D eigenvalue weighted by molar-refractivity contribution is -0.149. The van der Waals surface area contributed by atoms with Crippen molar-refractivity contribution < 1.29 is 9.53 Å². The Bertz CT molecular complexity index is 926. The van der Waals surface area contributed by atoms with E-state index in [2.05, 4.69) is 31.9 Å². The van der Waals surface area contributed by atoms with Crippen LogP contribution in [0.5, 0.6) is 0 Å². The maximum atomic E-state index is 13.6. The summed E-state index contributed by atoms with van der Waals surface area (Å²) in [7, 11) is 1.90. The molecule has 0 bridgehead atoms. The summed E-state index contributed by atoms with van der Waals surface area (Å²) in [6.07, 6.45) is 11.9. The zero-order valence-electron chi connectivity index (χ0n) is 20.9. The number of ketones is 1. The fourth-order valence-electron chi connectivity index (χ4n) is 9.76. The minimum absolute atomic E-state index is 0.126. The highest BCUT2D eigenvalue weighted by atomic mass is 16.5. The molecule has 0 saturated heterocycles. The second kappa shape index (κ2) is 8.52. The summed E-state index contributed by atoms with van der Waals surface area (Å²) in [6, 6.07) is 3.78. The number of hydrogen-bond acceptors (Lipinski definition) is 4. The number of nitrogens with zero attached hydrogens (tertiary/aromatic N) is 3. The third-order valence-electron chi connectivity index (χ3n) is 10.7. The molecule has 5 rings (SSSR count). The van der Waals surface area contributed by atoms with E-state index < -0.39 is 0 Å². The molecule has 4 saturated carbocycles. The van der Waals surface area contributed by atoms with E-state index in [4.69, 9.17) is 10.00 Å². The summed E-state index contributed by atoms with van der Waals surface area (Å²) in [5.41, 5.74) is 0.833. The second-order valence-electron chi connectivity index (χ2n) is 12.0. The number of ether oxygens (including phenoxy) is 1. The van der Waals surface area contributed by atoms with E-state index in [1.165, 1.54) is 51.4 Å². The largest absolute Gasteiger partial charge is 0.384 e. The van der Waals surface area contributed by atoms with Gasteiger partial charge in [0.1, 0.15) is 6.07 Å². The molecule has 4 aliphatic rings. The Morgan fingerprint density at radius 1 is 1.27 bits per heavy atom. The van der Waals surface area contributed by atoms with Crippen molar-refractivity contribution >= 4 is 5.78 Å². The van der Waals surface area contributed by atoms with Crippen molar-refractivity contribution in [1.29, 1.82) is 5.26 Å². The highest BCUT2D eigenvalue weighted by Crippen LogP contribution is 2.75. The molecule has 1 aromatic rings. The van der Waals surface area contributed by atoms with Crippen molar-refractivity contribution in [2.75, 3.05) is 13.7 Å². The Balaban J connectivity index is 1.42. The van der Waals surface area contributed by atoms with E-state index in [1.54, 1.807) is 16.9 Å². The highest BCUT2D eigenvalue weighted by Gasteiger charge is 2.71. The summed E-state index contributed by atoms with van der Waals surface area (Å²) < 4.78 is 7.62. The molecule has 33 heavy (non-hydrogen) atoms. The molecule has 9 atom stereocenters. The van der Waals surface area contributed by atoms with Gasteiger partial charge in [0, 0.05) is 19.2 Å². The van der Waals surface area contributed by atoms with Gasteiger partial charge in [-0.15, -0.1) is 0 Å². The lowest BCUT2D eigenvalue weighted by Gasteiger charge is -2.60. The molecule has 4 fully saturated rings. The average Bonchev–Trinajstić information content (AvgIpc) is 3.30. The van der Waals surface area contributed by atoms with Crippen molar-refractivity contribution in [2.24, 2.45) is 52.3 Å². The molecule has 5 heteroatoms. The van der Waals surface area contributed by atoms with E-state index in [-0.39, 0.29) is 11.3 Å². The standard InChI is InChI=1S/C28H41N3O2/c1-5-11-28(17-33-4)18(6-2)7-8-20-23(28)9-12-27(3)25(20)21-14-22(21)26(27)24(32)16-31-13-10-19(15-29)30-31/h10,13,18,20-23,25-26H,5-9,11-12,14,16-17H2,1-4H3. The molecule has 0 aliphatic heterocycles. The second-order valence-corrected chi connectivity index (χ2v) is 12.0. The van der Waals surface area contributed by atoms with Crippen LogP contribution in [0.4, 0.5) is 0 Å². The smallest absolute Gasteiger partial charge is 0.162 e. The Kier molecular flexibility index (Phi) is 5.96. The van der Waals surface area contributed by atoms with E-state index in [9.17, 15) is 4.79 Å². The van der Waals surface area contributed by atoms with Crippen LogP contribution in [0.3, 0.4) is 0 Å². The Morgan fingerprint density at radius 2 is 2.09 bits per heavy atom. The van der Waals surface area contributed by atoms with Crippen molar-refractivity contribution in [3.05, 3.63) is 18.0 Å². The summed E-state index contributed by atoms with van der Waals surface area (Å²) >= 11 is 0. The zero-order chi connectivity index (χ0) is 23.4. The van der Waals surface area contributed by atoms with Gasteiger partial charge in [0.25, 0.3) is 0 Å². The third kappa shape index (κ3) is 3.42. The van der Waals surface area contributed by atoms with E-state index >= 15 is 0 Å². The number of fused-ring (bicyclic) bond motifs is 5. The molecule has 5 nitrogen and oxygen atoms in total. The van der Waals surface area contributed by atoms with Gasteiger partial charge in [-0.1, -0.05) is 33.6 Å². The van der Waals surface area contributed by atoms with Crippen LogP contribution in [0.25, 0.3) is 0 Å². The van der Waals surface area contributed by atoms with Crippen LogP contribution in [0.2, 0.25) is 0 Å². The maximum absolute atomic E-state index is 13.6. The van der Waals surface area contributed by atoms with Crippen LogP contribution in [0.15, 0.2) is 12.3 Å². The van der Waals surface area contributed by atoms with Crippen LogP contribution in [0.1, 0.15) is 77.8 Å². The molecule has 1 aromatic heterocycles. The van der Waals surface area contributed by atoms with Crippen LogP contribution in [-0.2, 0) is 16.1 Å². The van der Waals surface area contributed by atoms with Crippen molar-refractivity contribution in [3.63, 3.8) is 0 Å². The molecule has 0 aromatic carbocycles. The number of aromatic nitrogens is 2. The van der Waals surface area contributed by atoms with Crippen LogP contribution in [0, 0.1) is 63.6 Å². The number of carbonyl (C=O) groups excluding carboxylic acids is 1. The minimum Gasteiger partial charge on any atom is -0.384 e. The van der Waals surface area contributed by atoms with Gasteiger partial charge in [-0.25, -0.2) is 0 Å². The van der Waals surface area contributed by atoms with Gasteiger partial charge in [0.05, 0.1) is 13.2 Å². The molecule has 1 heterocycles. The first-order valence-electron chi connectivity index (χ1n) is 13.4. The Hall–Kier alpha value is -1.67. The molecule has 0 radical (unpaired) electrons. The summed E-state index contributed by atoms with van der Waals surface area (Å²) in [6.45, 7) is 8.39. The fraction of sp³-hybridized carbons (Fsp3) is 0.821. The summed E-state index contributed by atoms with van der Waals surface area (Å²) in [5, 5.41) is 13.4. The molecule has 180 valence electrons. The number of methoxy groups -OCH3 is 1. The van der Waals surface area contributed by atoms with Crippen molar-refractivity contribution in [2.45, 2.75) is 78.7 Å². The Labute approximate surface area is 199 Å². The average molecular weight is 452 g/mol. The van der Waals surface area contributed by atoms with E-state index in [0.717, 1.165) is 30.3 Å². The predicted octanol–water partition coefficient (Wildman–Crippen LogP) is 5.49. The first kappa shape index (κ1) is 23.1. The normalized spacial score (nSPS) is 43.3. The first-order valence-corrected chi connectivity index (χ1v) is 13.4. The summed E-state index contributed by atoms with van der Waals surface area (Å²) in [4.78, 5) is 13.6. The minimum atomic E-state index is 0.126. The maximum Gasteiger partial charge on any atom is 0.162 e. The van der Waals surface area contributed by atoms with Crippen LogP contribution < -0.4 is 0 Å². The van der Waals surface area contributed by atoms with E-state index in [0.29, 0.717) is 35.3 Å². The topological polar surface area (TPSA) is 67.9 Å². The summed E-state index contributed by atoms with van der Waals surface area (Å²) in [5.74, 6) is 4.77. The highest BCUT2D eigenvalue weighted by molar-refractivity contribution is 5.83. The van der Waals surface area contributed by atoms with Crippen molar-refractivity contribution in [1.82, 2.24) is 9.78 Å². The number of rotatable bonds is 8. The van der Waals surface area contributed by atoms with Gasteiger partial charge < -0.3 is 4.74 Å². The van der Waals surface area contributed by atoms with Gasteiger partial charge in [-0.2, -0.15) is 10.4 Å². The first-order chi connectivity index (χ1) is 15.9. The quantitative estimate of drug-likeness (QED) is 0.524. The molecular weight excluding hydrogens is 410 g/mol. The third-order valence-corrected chi connectivity index (χ3v) is 10.7. The van der Waals surface area contributed by atoms with Gasteiger partial charge in [-0.3, -0.25) is 9.48 Å². The zero-order valence-corrected chi connectivity index (χ0v) is 20.9. The SMILES string of the molecule is CCCC1(COC)C(CC)CCC2C3C4CC4C(C(=O)Cn4ccc(C#N)n4)C3(C)CCC21. The van der Waals surface area contributed by atoms with Crippen molar-refractivity contribution in [3.8, 4) is 6.07 Å². The molecule has 0 spiro atoms. The number of Topliss-reactive ketones (excluding diaryl/α,β-unsaturated/α-hetero) is 1.